The second-order valence-electron chi connectivity index (χ2n) is 6.03. The summed E-state index contributed by atoms with van der Waals surface area (Å²) in [6.07, 6.45) is 5.55. The second kappa shape index (κ2) is 4.69. The molecule has 18 heavy (non-hydrogen) atoms. The molecule has 3 atom stereocenters. The van der Waals surface area contributed by atoms with Gasteiger partial charge < -0.3 is 5.32 Å². The summed E-state index contributed by atoms with van der Waals surface area (Å²) in [7, 11) is 2.12. The van der Waals surface area contributed by atoms with Crippen molar-refractivity contribution in [2.75, 3.05) is 7.05 Å². The molecule has 0 spiro atoms. The fourth-order valence-corrected chi connectivity index (χ4v) is 4.17. The van der Waals surface area contributed by atoms with Gasteiger partial charge in [-0.15, -0.1) is 0 Å². The number of fused-ring (bicyclic) bond motifs is 1. The highest BCUT2D eigenvalue weighted by molar-refractivity contribution is 5.14. The zero-order chi connectivity index (χ0) is 12.7. The molecule has 3 rings (SSSR count). The van der Waals surface area contributed by atoms with Crippen LogP contribution in [0.1, 0.15) is 37.6 Å². The van der Waals surface area contributed by atoms with Gasteiger partial charge in [-0.2, -0.15) is 5.10 Å². The van der Waals surface area contributed by atoms with Gasteiger partial charge in [0.25, 0.3) is 0 Å². The summed E-state index contributed by atoms with van der Waals surface area (Å²) in [5.41, 5.74) is 2.55. The van der Waals surface area contributed by atoms with Gasteiger partial charge in [0.2, 0.25) is 0 Å². The Bertz CT molecular complexity index is 413. The largest absolute Gasteiger partial charge is 0.316 e. The lowest BCUT2D eigenvalue weighted by atomic mass is 10.00. The molecule has 2 saturated carbocycles. The van der Waals surface area contributed by atoms with Crippen LogP contribution in [0.3, 0.4) is 0 Å². The van der Waals surface area contributed by atoms with Crippen LogP contribution in [0.2, 0.25) is 0 Å². The maximum Gasteiger partial charge on any atom is 0.0596 e. The quantitative estimate of drug-likeness (QED) is 0.866. The number of likely N-dealkylation sites (N-methyl/N-ethyl adjacent to an activating group) is 1. The van der Waals surface area contributed by atoms with Crippen LogP contribution in [0.25, 0.3) is 0 Å². The first-order valence-corrected chi connectivity index (χ1v) is 7.45. The van der Waals surface area contributed by atoms with Crippen LogP contribution in [0.5, 0.6) is 0 Å². The van der Waals surface area contributed by atoms with E-state index in [1.807, 2.05) is 0 Å². The van der Waals surface area contributed by atoms with Gasteiger partial charge in [0.05, 0.1) is 5.69 Å². The number of aryl methyl sites for hydroxylation is 2. The summed E-state index contributed by atoms with van der Waals surface area (Å²) in [5, 5.41) is 8.12. The molecule has 100 valence electrons. The van der Waals surface area contributed by atoms with Gasteiger partial charge in [-0.05, 0) is 57.6 Å². The molecule has 0 amide bonds. The lowest BCUT2D eigenvalue weighted by Gasteiger charge is -2.18. The maximum absolute atomic E-state index is 4.56. The highest BCUT2D eigenvalue weighted by Crippen LogP contribution is 2.59. The van der Waals surface area contributed by atoms with Crippen LogP contribution < -0.4 is 5.32 Å². The predicted octanol–water partition coefficient (Wildman–Crippen LogP) is 2.39. The van der Waals surface area contributed by atoms with Gasteiger partial charge >= 0.3 is 0 Å². The molecule has 1 aromatic heterocycles. The van der Waals surface area contributed by atoms with Crippen molar-refractivity contribution >= 4 is 0 Å². The topological polar surface area (TPSA) is 29.9 Å². The average molecular weight is 247 g/mol. The minimum Gasteiger partial charge on any atom is -0.316 e. The van der Waals surface area contributed by atoms with Crippen molar-refractivity contribution in [2.45, 2.75) is 52.1 Å². The molecule has 1 heterocycles. The van der Waals surface area contributed by atoms with E-state index in [1.54, 1.807) is 0 Å². The molecule has 0 saturated heterocycles. The number of rotatable bonds is 5. The van der Waals surface area contributed by atoms with E-state index in [9.17, 15) is 0 Å². The van der Waals surface area contributed by atoms with E-state index in [-0.39, 0.29) is 0 Å². The third-order valence-corrected chi connectivity index (χ3v) is 5.02. The van der Waals surface area contributed by atoms with Gasteiger partial charge in [0.15, 0.2) is 0 Å². The van der Waals surface area contributed by atoms with Crippen molar-refractivity contribution in [2.24, 2.45) is 17.8 Å². The molecule has 3 nitrogen and oxygen atoms in total. The highest BCUT2D eigenvalue weighted by atomic mass is 15.3. The fraction of sp³-hybridized carbons (Fsp3) is 0.800. The first-order valence-electron chi connectivity index (χ1n) is 7.45. The molecular weight excluding hydrogens is 222 g/mol. The van der Waals surface area contributed by atoms with Gasteiger partial charge in [-0.1, -0.05) is 6.42 Å². The molecule has 0 bridgehead atoms. The number of hydrogen-bond acceptors (Lipinski definition) is 2. The molecule has 3 unspecified atom stereocenters. The summed E-state index contributed by atoms with van der Waals surface area (Å²) in [6.45, 7) is 5.25. The monoisotopic (exact) mass is 247 g/mol. The zero-order valence-electron chi connectivity index (χ0n) is 11.8. The van der Waals surface area contributed by atoms with E-state index >= 15 is 0 Å². The van der Waals surface area contributed by atoms with Crippen LogP contribution in [-0.2, 0) is 13.0 Å². The molecule has 0 aliphatic heterocycles. The van der Waals surface area contributed by atoms with Crippen molar-refractivity contribution < 1.29 is 0 Å². The van der Waals surface area contributed by atoms with E-state index < -0.39 is 0 Å². The van der Waals surface area contributed by atoms with Gasteiger partial charge in [0, 0.05) is 24.7 Å². The Hall–Kier alpha value is -0.830. The lowest BCUT2D eigenvalue weighted by Crippen LogP contribution is -2.32. The molecule has 0 radical (unpaired) electrons. The number of nitrogens with zero attached hydrogens (tertiary/aromatic N) is 2. The van der Waals surface area contributed by atoms with Crippen molar-refractivity contribution in [1.82, 2.24) is 15.1 Å². The maximum atomic E-state index is 4.56. The normalized spacial score (nSPS) is 31.4. The Balaban J connectivity index is 1.70. The Labute approximate surface area is 110 Å². The number of nitrogens with one attached hydrogen (secondary N) is 1. The molecule has 0 aromatic carbocycles. The Morgan fingerprint density at radius 3 is 2.78 bits per heavy atom. The van der Waals surface area contributed by atoms with Gasteiger partial charge in [0.1, 0.15) is 0 Å². The summed E-state index contributed by atoms with van der Waals surface area (Å²) in [5.74, 6) is 2.99. The zero-order valence-corrected chi connectivity index (χ0v) is 11.8. The van der Waals surface area contributed by atoms with Crippen LogP contribution in [-0.4, -0.2) is 22.9 Å². The summed E-state index contributed by atoms with van der Waals surface area (Å²) >= 11 is 0. The standard InChI is InChI=1S/C15H25N3/c1-4-18-11(8-10(2)17-18)9-14(16-3)15-12-6-5-7-13(12)15/h8,12-16H,4-7,9H2,1-3H3. The van der Waals surface area contributed by atoms with Gasteiger partial charge in [-0.3, -0.25) is 4.68 Å². The lowest BCUT2D eigenvalue weighted by molar-refractivity contribution is 0.417. The first kappa shape index (κ1) is 12.2. The van der Waals surface area contributed by atoms with Crippen LogP contribution in [0.15, 0.2) is 6.07 Å². The van der Waals surface area contributed by atoms with E-state index in [2.05, 4.69) is 42.1 Å². The second-order valence-corrected chi connectivity index (χ2v) is 6.03. The van der Waals surface area contributed by atoms with Crippen LogP contribution >= 0.6 is 0 Å². The molecule has 2 aliphatic carbocycles. The fourth-order valence-electron chi connectivity index (χ4n) is 4.17. The van der Waals surface area contributed by atoms with Gasteiger partial charge in [-0.25, -0.2) is 0 Å². The average Bonchev–Trinajstić information content (AvgIpc) is 2.76. The molecule has 2 fully saturated rings. The molecule has 1 aromatic rings. The predicted molar refractivity (Wildman–Crippen MR) is 73.5 cm³/mol. The Morgan fingerprint density at radius 2 is 2.17 bits per heavy atom. The van der Waals surface area contributed by atoms with E-state index in [1.165, 1.54) is 25.0 Å². The van der Waals surface area contributed by atoms with Crippen molar-refractivity contribution in [1.29, 1.82) is 0 Å². The third kappa shape index (κ3) is 1.99. The number of hydrogen-bond donors (Lipinski definition) is 1. The van der Waals surface area contributed by atoms with E-state index in [0.717, 1.165) is 36.4 Å². The highest BCUT2D eigenvalue weighted by Gasteiger charge is 2.55. The minimum atomic E-state index is 0.654. The van der Waals surface area contributed by atoms with Crippen molar-refractivity contribution in [3.63, 3.8) is 0 Å². The summed E-state index contributed by atoms with van der Waals surface area (Å²) in [6, 6.07) is 2.91. The smallest absolute Gasteiger partial charge is 0.0596 e. The van der Waals surface area contributed by atoms with Crippen molar-refractivity contribution in [3.8, 4) is 0 Å². The van der Waals surface area contributed by atoms with Crippen LogP contribution in [0.4, 0.5) is 0 Å². The first-order chi connectivity index (χ1) is 8.74. The molecule has 3 heteroatoms. The summed E-state index contributed by atoms with van der Waals surface area (Å²) in [4.78, 5) is 0. The van der Waals surface area contributed by atoms with E-state index in [4.69, 9.17) is 0 Å². The number of aromatic nitrogens is 2. The molecule has 2 aliphatic rings. The van der Waals surface area contributed by atoms with Crippen LogP contribution in [0, 0.1) is 24.7 Å². The third-order valence-electron chi connectivity index (χ3n) is 5.02. The van der Waals surface area contributed by atoms with E-state index in [0.29, 0.717) is 6.04 Å². The Kier molecular flexibility index (Phi) is 3.18. The minimum absolute atomic E-state index is 0.654. The summed E-state index contributed by atoms with van der Waals surface area (Å²) < 4.78 is 2.16. The molecule has 1 N–H and O–H groups in total. The molecular formula is C15H25N3. The SMILES string of the molecule is CCn1nc(C)cc1CC(NC)C1C2CCCC21. The Morgan fingerprint density at radius 1 is 1.44 bits per heavy atom. The van der Waals surface area contributed by atoms with Crippen molar-refractivity contribution in [3.05, 3.63) is 17.5 Å².